The summed E-state index contributed by atoms with van der Waals surface area (Å²) in [6.45, 7) is 3.34. The molecule has 1 fully saturated rings. The third kappa shape index (κ3) is 3.99. The van der Waals surface area contributed by atoms with Crippen LogP contribution in [-0.4, -0.2) is 31.1 Å². The molecule has 3 N–H and O–H groups in total. The average molecular weight is 174 g/mol. The Hall–Kier alpha value is 0.270. The van der Waals surface area contributed by atoms with E-state index in [1.165, 1.54) is 37.4 Å². The van der Waals surface area contributed by atoms with Gasteiger partial charge in [0.15, 0.2) is 0 Å². The van der Waals surface area contributed by atoms with Crippen LogP contribution in [0, 0.1) is 5.92 Å². The van der Waals surface area contributed by atoms with Crippen molar-refractivity contribution in [3.8, 4) is 0 Å². The topological polar surface area (TPSA) is 38.0 Å². The molecular formula is C8H18N2S. The molecule has 0 aromatic rings. The first-order valence-corrected chi connectivity index (χ1v) is 5.57. The third-order valence-electron chi connectivity index (χ3n) is 2.03. The van der Waals surface area contributed by atoms with Gasteiger partial charge in [0.2, 0.25) is 0 Å². The standard InChI is InChI=1S/C8H18N2S/c9-3-1-4-11-5-2-8-6-10-7-8/h8,10H,1-7,9H2. The van der Waals surface area contributed by atoms with E-state index in [0.29, 0.717) is 0 Å². The van der Waals surface area contributed by atoms with Crippen molar-refractivity contribution in [3.05, 3.63) is 0 Å². The summed E-state index contributed by atoms with van der Waals surface area (Å²) >= 11 is 2.05. The first-order chi connectivity index (χ1) is 5.43. The SMILES string of the molecule is NCCCSCCC1CNC1. The number of nitrogens with one attached hydrogen (secondary N) is 1. The van der Waals surface area contributed by atoms with Crippen LogP contribution in [0.4, 0.5) is 0 Å². The molecule has 0 unspecified atom stereocenters. The van der Waals surface area contributed by atoms with Gasteiger partial charge in [-0.15, -0.1) is 0 Å². The fourth-order valence-electron chi connectivity index (χ4n) is 1.09. The van der Waals surface area contributed by atoms with E-state index in [9.17, 15) is 0 Å². The number of hydrogen-bond acceptors (Lipinski definition) is 3. The van der Waals surface area contributed by atoms with Crippen LogP contribution >= 0.6 is 11.8 Å². The Bertz CT molecular complexity index is 94.1. The first kappa shape index (κ1) is 9.36. The highest BCUT2D eigenvalue weighted by molar-refractivity contribution is 7.99. The molecule has 0 bridgehead atoms. The van der Waals surface area contributed by atoms with Crippen LogP contribution in [-0.2, 0) is 0 Å². The van der Waals surface area contributed by atoms with Gasteiger partial charge in [0.1, 0.15) is 0 Å². The van der Waals surface area contributed by atoms with Gasteiger partial charge >= 0.3 is 0 Å². The second kappa shape index (κ2) is 5.86. The smallest absolute Gasteiger partial charge is 0.000796 e. The molecule has 0 aromatic heterocycles. The summed E-state index contributed by atoms with van der Waals surface area (Å²) in [4.78, 5) is 0. The molecule has 1 aliphatic rings. The maximum Gasteiger partial charge on any atom is -0.000796 e. The second-order valence-corrected chi connectivity index (χ2v) is 4.29. The van der Waals surface area contributed by atoms with Crippen LogP contribution < -0.4 is 11.1 Å². The van der Waals surface area contributed by atoms with Gasteiger partial charge in [-0.1, -0.05) is 0 Å². The van der Waals surface area contributed by atoms with Crippen LogP contribution in [0.3, 0.4) is 0 Å². The Balaban J connectivity index is 1.73. The zero-order valence-electron chi connectivity index (χ0n) is 7.01. The molecule has 0 aliphatic carbocycles. The van der Waals surface area contributed by atoms with E-state index in [-0.39, 0.29) is 0 Å². The van der Waals surface area contributed by atoms with Gasteiger partial charge in [0.05, 0.1) is 0 Å². The molecule has 1 aliphatic heterocycles. The highest BCUT2D eigenvalue weighted by Crippen LogP contribution is 2.13. The summed E-state index contributed by atoms with van der Waals surface area (Å²) in [6.07, 6.45) is 2.57. The van der Waals surface area contributed by atoms with Gasteiger partial charge in [0.25, 0.3) is 0 Å². The van der Waals surface area contributed by atoms with Gasteiger partial charge in [-0.25, -0.2) is 0 Å². The number of rotatable bonds is 6. The summed E-state index contributed by atoms with van der Waals surface area (Å²) in [6, 6.07) is 0. The Kier molecular flexibility index (Phi) is 4.99. The lowest BCUT2D eigenvalue weighted by molar-refractivity contribution is 0.341. The maximum absolute atomic E-state index is 5.38. The van der Waals surface area contributed by atoms with Crippen molar-refractivity contribution in [2.75, 3.05) is 31.1 Å². The van der Waals surface area contributed by atoms with Crippen molar-refractivity contribution >= 4 is 11.8 Å². The highest BCUT2D eigenvalue weighted by Gasteiger charge is 2.15. The molecule has 1 heterocycles. The van der Waals surface area contributed by atoms with Crippen LogP contribution in [0.15, 0.2) is 0 Å². The second-order valence-electron chi connectivity index (χ2n) is 3.07. The molecule has 0 saturated carbocycles. The van der Waals surface area contributed by atoms with Crippen LogP contribution in [0.2, 0.25) is 0 Å². The predicted molar refractivity (Wildman–Crippen MR) is 52.0 cm³/mol. The summed E-state index contributed by atoms with van der Waals surface area (Å²) < 4.78 is 0. The molecule has 0 spiro atoms. The lowest BCUT2D eigenvalue weighted by Crippen LogP contribution is -2.42. The molecule has 0 aromatic carbocycles. The Morgan fingerprint density at radius 2 is 2.18 bits per heavy atom. The van der Waals surface area contributed by atoms with Gasteiger partial charge in [-0.2, -0.15) is 11.8 Å². The van der Waals surface area contributed by atoms with Crippen LogP contribution in [0.1, 0.15) is 12.8 Å². The van der Waals surface area contributed by atoms with E-state index < -0.39 is 0 Å². The molecular weight excluding hydrogens is 156 g/mol. The molecule has 0 atom stereocenters. The van der Waals surface area contributed by atoms with E-state index >= 15 is 0 Å². The van der Waals surface area contributed by atoms with Crippen molar-refractivity contribution in [2.24, 2.45) is 11.7 Å². The van der Waals surface area contributed by atoms with E-state index in [4.69, 9.17) is 5.73 Å². The Morgan fingerprint density at radius 3 is 2.73 bits per heavy atom. The molecule has 11 heavy (non-hydrogen) atoms. The normalized spacial score (nSPS) is 18.3. The molecule has 3 heteroatoms. The monoisotopic (exact) mass is 174 g/mol. The molecule has 66 valence electrons. The summed E-state index contributed by atoms with van der Waals surface area (Å²) in [5.74, 6) is 3.54. The average Bonchev–Trinajstić information content (AvgIpc) is 1.93. The minimum Gasteiger partial charge on any atom is -0.330 e. The van der Waals surface area contributed by atoms with Crippen LogP contribution in [0.5, 0.6) is 0 Å². The quantitative estimate of drug-likeness (QED) is 0.582. The minimum atomic E-state index is 0.845. The van der Waals surface area contributed by atoms with Gasteiger partial charge < -0.3 is 11.1 Å². The predicted octanol–water partition coefficient (Wildman–Crippen LogP) is 0.678. The van der Waals surface area contributed by atoms with Gasteiger partial charge in [0, 0.05) is 0 Å². The molecule has 0 amide bonds. The zero-order valence-corrected chi connectivity index (χ0v) is 7.83. The van der Waals surface area contributed by atoms with Crippen molar-refractivity contribution in [1.82, 2.24) is 5.32 Å². The molecule has 0 radical (unpaired) electrons. The Labute approximate surface area is 73.3 Å². The lowest BCUT2D eigenvalue weighted by atomic mass is 10.0. The number of hydrogen-bond donors (Lipinski definition) is 2. The minimum absolute atomic E-state index is 0.845. The largest absolute Gasteiger partial charge is 0.330 e. The van der Waals surface area contributed by atoms with Crippen molar-refractivity contribution in [2.45, 2.75) is 12.8 Å². The fraction of sp³-hybridized carbons (Fsp3) is 1.00. The first-order valence-electron chi connectivity index (χ1n) is 4.42. The third-order valence-corrected chi connectivity index (χ3v) is 3.13. The molecule has 1 saturated heterocycles. The molecule has 1 rings (SSSR count). The summed E-state index contributed by atoms with van der Waals surface area (Å²) in [7, 11) is 0. The van der Waals surface area contributed by atoms with E-state index in [1.54, 1.807) is 0 Å². The van der Waals surface area contributed by atoms with Crippen LogP contribution in [0.25, 0.3) is 0 Å². The number of nitrogens with two attached hydrogens (primary N) is 1. The maximum atomic E-state index is 5.38. The fourth-order valence-corrected chi connectivity index (χ4v) is 2.16. The van der Waals surface area contributed by atoms with E-state index in [0.717, 1.165) is 12.5 Å². The number of thioether (sulfide) groups is 1. The Morgan fingerprint density at radius 1 is 1.36 bits per heavy atom. The molecule has 2 nitrogen and oxygen atoms in total. The van der Waals surface area contributed by atoms with Crippen molar-refractivity contribution in [1.29, 1.82) is 0 Å². The van der Waals surface area contributed by atoms with Gasteiger partial charge in [-0.05, 0) is 49.9 Å². The zero-order chi connectivity index (χ0) is 7.94. The van der Waals surface area contributed by atoms with Crippen molar-refractivity contribution in [3.63, 3.8) is 0 Å². The van der Waals surface area contributed by atoms with Gasteiger partial charge in [-0.3, -0.25) is 0 Å². The summed E-state index contributed by atoms with van der Waals surface area (Å²) in [5.41, 5.74) is 5.38. The van der Waals surface area contributed by atoms with Crippen molar-refractivity contribution < 1.29 is 0 Å². The highest BCUT2D eigenvalue weighted by atomic mass is 32.2. The van der Waals surface area contributed by atoms with E-state index in [1.807, 2.05) is 11.8 Å². The summed E-state index contributed by atoms with van der Waals surface area (Å²) in [5, 5.41) is 3.28. The van der Waals surface area contributed by atoms with E-state index in [2.05, 4.69) is 5.32 Å². The lowest BCUT2D eigenvalue weighted by Gasteiger charge is -2.26.